The van der Waals surface area contributed by atoms with Crippen molar-refractivity contribution in [3.05, 3.63) is 53.0 Å². The van der Waals surface area contributed by atoms with Crippen LogP contribution in [0.4, 0.5) is 30.5 Å². The van der Waals surface area contributed by atoms with Crippen LogP contribution in [-0.2, 0) is 17.8 Å². The van der Waals surface area contributed by atoms with Gasteiger partial charge < -0.3 is 25.0 Å². The molecule has 4 aromatic rings. The Bertz CT molecular complexity index is 1490. The van der Waals surface area contributed by atoms with Gasteiger partial charge in [-0.25, -0.2) is 4.98 Å². The minimum Gasteiger partial charge on any atom is -0.369 e. The van der Waals surface area contributed by atoms with E-state index in [1.165, 1.54) is 11.3 Å². The zero-order chi connectivity index (χ0) is 26.4. The third kappa shape index (κ3) is 4.81. The number of rotatable bonds is 4. The number of alkyl halides is 3. The quantitative estimate of drug-likeness (QED) is 0.392. The third-order valence-electron chi connectivity index (χ3n) is 7.02. The second-order valence-electron chi connectivity index (χ2n) is 9.63. The molecule has 1 amide bonds. The van der Waals surface area contributed by atoms with E-state index in [-0.39, 0.29) is 13.1 Å². The van der Waals surface area contributed by atoms with Crippen molar-refractivity contribution in [3.8, 4) is 10.6 Å². The lowest BCUT2D eigenvalue weighted by atomic mass is 10.1. The summed E-state index contributed by atoms with van der Waals surface area (Å²) in [5.74, 6) is -1.37. The van der Waals surface area contributed by atoms with Gasteiger partial charge in [0.1, 0.15) is 5.65 Å². The fourth-order valence-electron chi connectivity index (χ4n) is 4.96. The van der Waals surface area contributed by atoms with Gasteiger partial charge in [0.25, 0.3) is 0 Å². The number of hydrogen-bond donors (Lipinski definition) is 2. The van der Waals surface area contributed by atoms with Crippen molar-refractivity contribution in [1.82, 2.24) is 24.8 Å². The van der Waals surface area contributed by atoms with Crippen LogP contribution in [-0.4, -0.2) is 76.6 Å². The highest BCUT2D eigenvalue weighted by molar-refractivity contribution is 7.15. The summed E-state index contributed by atoms with van der Waals surface area (Å²) in [4.78, 5) is 31.7. The number of piperazine rings is 1. The molecule has 1 fully saturated rings. The van der Waals surface area contributed by atoms with E-state index < -0.39 is 12.1 Å². The maximum absolute atomic E-state index is 13.0. The van der Waals surface area contributed by atoms with Gasteiger partial charge in [0.05, 0.1) is 10.6 Å². The van der Waals surface area contributed by atoms with Crippen molar-refractivity contribution < 1.29 is 18.0 Å². The molecule has 38 heavy (non-hydrogen) atoms. The van der Waals surface area contributed by atoms with Gasteiger partial charge in [-0.1, -0.05) is 6.07 Å². The Labute approximate surface area is 221 Å². The molecule has 2 aliphatic rings. The average Bonchev–Trinajstić information content (AvgIpc) is 3.54. The average molecular weight is 542 g/mol. The Kier molecular flexibility index (Phi) is 6.23. The van der Waals surface area contributed by atoms with E-state index in [2.05, 4.69) is 44.3 Å². The van der Waals surface area contributed by atoms with E-state index in [1.807, 2.05) is 24.3 Å². The van der Waals surface area contributed by atoms with Crippen LogP contribution < -0.4 is 10.2 Å². The number of H-pyrrole nitrogens is 1. The summed E-state index contributed by atoms with van der Waals surface area (Å²) in [6.07, 6.45) is -2.70. The molecule has 0 unspecified atom stereocenters. The molecule has 0 spiro atoms. The summed E-state index contributed by atoms with van der Waals surface area (Å²) in [7, 11) is 2.13. The number of carbonyl (C=O) groups is 1. The van der Waals surface area contributed by atoms with Crippen LogP contribution in [0.3, 0.4) is 0 Å². The van der Waals surface area contributed by atoms with E-state index in [4.69, 9.17) is 4.98 Å². The lowest BCUT2D eigenvalue weighted by Gasteiger charge is -2.34. The van der Waals surface area contributed by atoms with E-state index >= 15 is 0 Å². The van der Waals surface area contributed by atoms with Crippen LogP contribution in [0, 0.1) is 0 Å². The number of aromatic amines is 1. The predicted molar refractivity (Wildman–Crippen MR) is 142 cm³/mol. The molecular formula is C26H26F3N7OS. The monoisotopic (exact) mass is 541 g/mol. The number of fused-ring (bicyclic) bond motifs is 2. The van der Waals surface area contributed by atoms with Crippen molar-refractivity contribution in [2.24, 2.45) is 0 Å². The van der Waals surface area contributed by atoms with Crippen molar-refractivity contribution in [2.75, 3.05) is 50.0 Å². The largest absolute Gasteiger partial charge is 0.471 e. The zero-order valence-electron chi connectivity index (χ0n) is 20.7. The first-order valence-corrected chi connectivity index (χ1v) is 13.2. The first-order valence-electron chi connectivity index (χ1n) is 12.4. The van der Waals surface area contributed by atoms with E-state index in [1.54, 1.807) is 6.20 Å². The summed E-state index contributed by atoms with van der Waals surface area (Å²) in [5, 5.41) is 4.15. The lowest BCUT2D eigenvalue weighted by molar-refractivity contribution is -0.186. The lowest BCUT2D eigenvalue weighted by Crippen LogP contribution is -2.44. The van der Waals surface area contributed by atoms with Crippen LogP contribution in [0.15, 0.2) is 42.6 Å². The molecule has 3 aromatic heterocycles. The number of hydrogen-bond acceptors (Lipinski definition) is 7. The van der Waals surface area contributed by atoms with E-state index in [0.29, 0.717) is 23.7 Å². The Hall–Kier alpha value is -3.64. The second kappa shape index (κ2) is 9.59. The van der Waals surface area contributed by atoms with Gasteiger partial charge in [0, 0.05) is 67.1 Å². The Morgan fingerprint density at radius 3 is 2.68 bits per heavy atom. The fourth-order valence-corrected chi connectivity index (χ4v) is 6.13. The van der Waals surface area contributed by atoms with Crippen molar-refractivity contribution in [3.63, 3.8) is 0 Å². The van der Waals surface area contributed by atoms with E-state index in [0.717, 1.165) is 63.2 Å². The molecule has 2 aliphatic heterocycles. The summed E-state index contributed by atoms with van der Waals surface area (Å²) < 4.78 is 38.9. The molecule has 8 nitrogen and oxygen atoms in total. The molecule has 6 rings (SSSR count). The van der Waals surface area contributed by atoms with Crippen molar-refractivity contribution >= 4 is 45.6 Å². The van der Waals surface area contributed by atoms with Gasteiger partial charge in [-0.05, 0) is 49.4 Å². The van der Waals surface area contributed by atoms with Crippen LogP contribution in [0.25, 0.3) is 21.6 Å². The highest BCUT2D eigenvalue weighted by Gasteiger charge is 2.43. The minimum atomic E-state index is -4.87. The number of amides is 1. The highest BCUT2D eigenvalue weighted by Crippen LogP contribution is 2.38. The molecule has 12 heteroatoms. The summed E-state index contributed by atoms with van der Waals surface area (Å²) in [6.45, 7) is 3.94. The van der Waals surface area contributed by atoms with Gasteiger partial charge in [-0.2, -0.15) is 18.2 Å². The first kappa shape index (κ1) is 24.7. The topological polar surface area (TPSA) is 80.4 Å². The normalized spacial score (nSPS) is 16.6. The number of thiophene rings is 1. The van der Waals surface area contributed by atoms with Crippen LogP contribution in [0.5, 0.6) is 0 Å². The number of carbonyl (C=O) groups excluding carboxylic acids is 1. The van der Waals surface area contributed by atoms with Gasteiger partial charge in [-0.3, -0.25) is 4.79 Å². The number of benzene rings is 1. The number of likely N-dealkylation sites (N-methyl/N-ethyl adjacent to an activating group) is 1. The molecule has 1 saturated heterocycles. The maximum atomic E-state index is 13.0. The van der Waals surface area contributed by atoms with Gasteiger partial charge in [0.15, 0.2) is 0 Å². The molecule has 0 radical (unpaired) electrons. The smallest absolute Gasteiger partial charge is 0.369 e. The molecular weight excluding hydrogens is 515 g/mol. The molecule has 5 heterocycles. The van der Waals surface area contributed by atoms with Crippen LogP contribution >= 0.6 is 11.3 Å². The Morgan fingerprint density at radius 2 is 1.89 bits per heavy atom. The Morgan fingerprint density at radius 1 is 1.08 bits per heavy atom. The van der Waals surface area contributed by atoms with Crippen molar-refractivity contribution in [2.45, 2.75) is 19.1 Å². The molecule has 2 N–H and O–H groups in total. The predicted octanol–water partition coefficient (Wildman–Crippen LogP) is 4.63. The Balaban J connectivity index is 1.28. The molecule has 0 aliphatic carbocycles. The summed E-state index contributed by atoms with van der Waals surface area (Å²) in [5.41, 5.74) is 4.08. The number of aromatic nitrogens is 3. The maximum Gasteiger partial charge on any atom is 0.471 e. The van der Waals surface area contributed by atoms with Gasteiger partial charge in [0.2, 0.25) is 5.95 Å². The number of anilines is 3. The van der Waals surface area contributed by atoms with Crippen molar-refractivity contribution in [1.29, 1.82) is 0 Å². The molecule has 0 atom stereocenters. The number of nitrogens with zero attached hydrogens (tertiary/aromatic N) is 5. The molecule has 0 saturated carbocycles. The zero-order valence-corrected chi connectivity index (χ0v) is 21.5. The molecule has 198 valence electrons. The SMILES string of the molecule is CN1CCN(c2cccc(Nc3nc(-c4cc5c(s4)CCN(C(=O)C(F)(F)F)C5)c4cc[nH]c4n3)c2)CC1. The highest BCUT2D eigenvalue weighted by atomic mass is 32.1. The summed E-state index contributed by atoms with van der Waals surface area (Å²) >= 11 is 1.50. The molecule has 0 bridgehead atoms. The second-order valence-corrected chi connectivity index (χ2v) is 10.8. The number of halogens is 3. The molecule has 1 aromatic carbocycles. The van der Waals surface area contributed by atoms with Gasteiger partial charge >= 0.3 is 12.1 Å². The third-order valence-corrected chi connectivity index (χ3v) is 8.26. The number of nitrogens with one attached hydrogen (secondary N) is 2. The standard InChI is InChI=1S/C26H26F3N7OS/c1-34-9-11-35(12-10-34)18-4-2-3-17(14-18)31-25-32-22(19-5-7-30-23(19)33-25)21-13-16-15-36(8-6-20(16)38-21)24(37)26(27,28)29/h2-5,7,13-14H,6,8-12,15H2,1H3,(H2,30,31,32,33). The first-order chi connectivity index (χ1) is 18.2. The van der Waals surface area contributed by atoms with E-state index in [9.17, 15) is 18.0 Å². The summed E-state index contributed by atoms with van der Waals surface area (Å²) in [6, 6.07) is 11.9. The minimum absolute atomic E-state index is 0.0467. The van der Waals surface area contributed by atoms with Crippen LogP contribution in [0.2, 0.25) is 0 Å². The van der Waals surface area contributed by atoms with Gasteiger partial charge in [-0.15, -0.1) is 11.3 Å². The fraction of sp³-hybridized carbons (Fsp3) is 0.346. The van der Waals surface area contributed by atoms with Crippen LogP contribution in [0.1, 0.15) is 10.4 Å².